The number of ether oxygens (including phenoxy) is 1. The molecule has 0 amide bonds. The van der Waals surface area contributed by atoms with Gasteiger partial charge in [-0.2, -0.15) is 0 Å². The van der Waals surface area contributed by atoms with Gasteiger partial charge in [0.05, 0.1) is 11.7 Å². The number of hydrogen-bond donors (Lipinski definition) is 1. The maximum absolute atomic E-state index is 5.80. The van der Waals surface area contributed by atoms with E-state index >= 15 is 0 Å². The first-order chi connectivity index (χ1) is 13.0. The van der Waals surface area contributed by atoms with E-state index in [0.717, 1.165) is 22.8 Å². The zero-order chi connectivity index (χ0) is 19.8. The zero-order valence-electron chi connectivity index (χ0n) is 17.0. The molecule has 0 radical (unpaired) electrons. The highest BCUT2D eigenvalue weighted by molar-refractivity contribution is 5.45. The van der Waals surface area contributed by atoms with Crippen LogP contribution in [0.2, 0.25) is 0 Å². The van der Waals surface area contributed by atoms with Crippen molar-refractivity contribution in [1.29, 1.82) is 0 Å². The van der Waals surface area contributed by atoms with Gasteiger partial charge < -0.3 is 10.1 Å². The molecular weight excluding hydrogens is 338 g/mol. The van der Waals surface area contributed by atoms with E-state index in [1.807, 2.05) is 63.7 Å². The molecule has 1 unspecified atom stereocenters. The highest BCUT2D eigenvalue weighted by atomic mass is 16.5. The normalized spacial score (nSPS) is 11.3. The molecule has 0 aliphatic rings. The van der Waals surface area contributed by atoms with Gasteiger partial charge in [-0.05, 0) is 39.8 Å². The Hall–Kier alpha value is -2.89. The van der Waals surface area contributed by atoms with Crippen molar-refractivity contribution >= 4 is 5.82 Å². The van der Waals surface area contributed by atoms with E-state index in [1.54, 1.807) is 6.33 Å². The number of anilines is 1. The number of aryl methyl sites for hydroxylation is 2. The molecule has 27 heavy (non-hydrogen) atoms. The van der Waals surface area contributed by atoms with E-state index in [0.29, 0.717) is 12.5 Å². The SMILES string of the molecule is CC.Cc1ccc(-n2ccc(OCC(C)Nc3ncnc(C)c3C)n2)cc1. The number of rotatable bonds is 6. The van der Waals surface area contributed by atoms with Crippen LogP contribution in [0.5, 0.6) is 5.88 Å². The van der Waals surface area contributed by atoms with Crippen molar-refractivity contribution in [1.82, 2.24) is 19.7 Å². The summed E-state index contributed by atoms with van der Waals surface area (Å²) in [5.74, 6) is 1.44. The Labute approximate surface area is 161 Å². The first-order valence-corrected chi connectivity index (χ1v) is 9.33. The van der Waals surface area contributed by atoms with Crippen molar-refractivity contribution in [2.45, 2.75) is 47.6 Å². The molecule has 6 heteroatoms. The largest absolute Gasteiger partial charge is 0.474 e. The van der Waals surface area contributed by atoms with Crippen LogP contribution in [0.3, 0.4) is 0 Å². The Balaban J connectivity index is 0.00000126. The van der Waals surface area contributed by atoms with Crippen LogP contribution in [0.15, 0.2) is 42.9 Å². The van der Waals surface area contributed by atoms with Gasteiger partial charge in [-0.1, -0.05) is 31.5 Å². The molecule has 0 bridgehead atoms. The van der Waals surface area contributed by atoms with Crippen LogP contribution in [0, 0.1) is 20.8 Å². The summed E-state index contributed by atoms with van der Waals surface area (Å²) in [6, 6.07) is 10.2. The summed E-state index contributed by atoms with van der Waals surface area (Å²) in [5.41, 5.74) is 4.27. The van der Waals surface area contributed by atoms with Gasteiger partial charge >= 0.3 is 0 Å². The summed E-state index contributed by atoms with van der Waals surface area (Å²) in [7, 11) is 0. The minimum Gasteiger partial charge on any atom is -0.474 e. The molecule has 144 valence electrons. The van der Waals surface area contributed by atoms with E-state index in [9.17, 15) is 0 Å². The van der Waals surface area contributed by atoms with Gasteiger partial charge in [-0.15, -0.1) is 5.10 Å². The Kier molecular flexibility index (Phi) is 7.34. The van der Waals surface area contributed by atoms with Crippen LogP contribution in [-0.4, -0.2) is 32.4 Å². The average Bonchev–Trinajstić information content (AvgIpc) is 3.15. The Morgan fingerprint density at radius 2 is 1.74 bits per heavy atom. The van der Waals surface area contributed by atoms with Crippen LogP contribution >= 0.6 is 0 Å². The van der Waals surface area contributed by atoms with Crippen LogP contribution < -0.4 is 10.1 Å². The number of benzene rings is 1. The summed E-state index contributed by atoms with van der Waals surface area (Å²) < 4.78 is 7.61. The molecular formula is C21H29N5O. The van der Waals surface area contributed by atoms with E-state index in [2.05, 4.69) is 39.4 Å². The highest BCUT2D eigenvalue weighted by Gasteiger charge is 2.09. The minimum absolute atomic E-state index is 0.0949. The molecule has 0 fully saturated rings. The summed E-state index contributed by atoms with van der Waals surface area (Å²) in [4.78, 5) is 8.47. The van der Waals surface area contributed by atoms with Gasteiger partial charge in [0, 0.05) is 23.5 Å². The summed E-state index contributed by atoms with van der Waals surface area (Å²) >= 11 is 0. The number of hydrogen-bond acceptors (Lipinski definition) is 5. The van der Waals surface area contributed by atoms with Crippen molar-refractivity contribution in [3.05, 3.63) is 59.7 Å². The van der Waals surface area contributed by atoms with E-state index < -0.39 is 0 Å². The molecule has 2 heterocycles. The van der Waals surface area contributed by atoms with Crippen LogP contribution in [0.25, 0.3) is 5.69 Å². The molecule has 3 aromatic rings. The van der Waals surface area contributed by atoms with Crippen molar-refractivity contribution in [2.24, 2.45) is 0 Å². The molecule has 1 atom stereocenters. The quantitative estimate of drug-likeness (QED) is 0.695. The second-order valence-electron chi connectivity index (χ2n) is 6.22. The molecule has 1 aromatic carbocycles. The van der Waals surface area contributed by atoms with Crippen LogP contribution in [0.4, 0.5) is 5.82 Å². The van der Waals surface area contributed by atoms with Gasteiger partial charge in [0.15, 0.2) is 0 Å². The predicted octanol–water partition coefficient (Wildman–Crippen LogP) is 4.49. The molecule has 0 aliphatic carbocycles. The first kappa shape index (κ1) is 20.4. The molecule has 0 saturated heterocycles. The lowest BCUT2D eigenvalue weighted by Gasteiger charge is -2.16. The number of nitrogens with zero attached hydrogens (tertiary/aromatic N) is 4. The van der Waals surface area contributed by atoms with Crippen molar-refractivity contribution < 1.29 is 4.74 Å². The van der Waals surface area contributed by atoms with Gasteiger partial charge in [-0.3, -0.25) is 0 Å². The fourth-order valence-corrected chi connectivity index (χ4v) is 2.39. The van der Waals surface area contributed by atoms with Crippen LogP contribution in [-0.2, 0) is 0 Å². The summed E-state index contributed by atoms with van der Waals surface area (Å²) in [5, 5.41) is 7.82. The van der Waals surface area contributed by atoms with Crippen LogP contribution in [0.1, 0.15) is 37.6 Å². The van der Waals surface area contributed by atoms with Gasteiger partial charge in [0.1, 0.15) is 18.8 Å². The molecule has 0 spiro atoms. The maximum atomic E-state index is 5.80. The second-order valence-corrected chi connectivity index (χ2v) is 6.22. The number of aromatic nitrogens is 4. The molecule has 0 aliphatic heterocycles. The third-order valence-electron chi connectivity index (χ3n) is 4.06. The highest BCUT2D eigenvalue weighted by Crippen LogP contribution is 2.15. The van der Waals surface area contributed by atoms with Gasteiger partial charge in [0.2, 0.25) is 5.88 Å². The lowest BCUT2D eigenvalue weighted by molar-refractivity contribution is 0.290. The van der Waals surface area contributed by atoms with E-state index in [1.165, 1.54) is 5.56 Å². The molecule has 1 N–H and O–H groups in total. The molecule has 2 aromatic heterocycles. The maximum Gasteiger partial charge on any atom is 0.233 e. The van der Waals surface area contributed by atoms with Crippen molar-refractivity contribution in [2.75, 3.05) is 11.9 Å². The third kappa shape index (κ3) is 5.54. The summed E-state index contributed by atoms with van der Waals surface area (Å²) in [6.45, 7) is 12.6. The summed E-state index contributed by atoms with van der Waals surface area (Å²) in [6.07, 6.45) is 3.47. The topological polar surface area (TPSA) is 64.9 Å². The fraction of sp³-hybridized carbons (Fsp3) is 0.381. The van der Waals surface area contributed by atoms with Gasteiger partial charge in [-0.25, -0.2) is 14.6 Å². The zero-order valence-corrected chi connectivity index (χ0v) is 17.0. The lowest BCUT2D eigenvalue weighted by atomic mass is 10.2. The molecule has 3 rings (SSSR count). The van der Waals surface area contributed by atoms with Crippen molar-refractivity contribution in [3.8, 4) is 11.6 Å². The van der Waals surface area contributed by atoms with E-state index in [4.69, 9.17) is 4.74 Å². The fourth-order valence-electron chi connectivity index (χ4n) is 2.39. The van der Waals surface area contributed by atoms with E-state index in [-0.39, 0.29) is 6.04 Å². The third-order valence-corrected chi connectivity index (χ3v) is 4.06. The lowest BCUT2D eigenvalue weighted by Crippen LogP contribution is -2.25. The number of nitrogens with one attached hydrogen (secondary N) is 1. The molecule has 0 saturated carbocycles. The predicted molar refractivity (Wildman–Crippen MR) is 110 cm³/mol. The Bertz CT molecular complexity index is 842. The molecule has 6 nitrogen and oxygen atoms in total. The monoisotopic (exact) mass is 367 g/mol. The average molecular weight is 367 g/mol. The second kappa shape index (κ2) is 9.71. The standard InChI is InChI=1S/C19H23N5O.C2H6/c1-13-5-7-17(8-6-13)24-10-9-18(23-24)25-11-14(2)22-19-15(3)16(4)20-12-21-19;1-2/h5-10,12,14H,11H2,1-4H3,(H,20,21,22);1-2H3. The Morgan fingerprint density at radius 1 is 1.04 bits per heavy atom. The smallest absolute Gasteiger partial charge is 0.233 e. The Morgan fingerprint density at radius 3 is 2.44 bits per heavy atom. The minimum atomic E-state index is 0.0949. The van der Waals surface area contributed by atoms with Gasteiger partial charge in [0.25, 0.3) is 0 Å². The first-order valence-electron chi connectivity index (χ1n) is 9.33. The van der Waals surface area contributed by atoms with Crippen molar-refractivity contribution in [3.63, 3.8) is 0 Å².